The predicted molar refractivity (Wildman–Crippen MR) is 71.8 cm³/mol. The van der Waals surface area contributed by atoms with E-state index in [1.165, 1.54) is 5.56 Å². The van der Waals surface area contributed by atoms with Crippen LogP contribution in [-0.2, 0) is 11.2 Å². The first-order chi connectivity index (χ1) is 8.83. The number of unbranched alkanes of at least 4 members (excludes halogenated alkanes) is 1. The normalized spacial score (nSPS) is 14.7. The molecule has 0 aliphatic carbocycles. The SMILES string of the molecule is CCCCOCCN1CCc2ccccc2C1=O. The number of amides is 1. The van der Waals surface area contributed by atoms with Crippen LogP contribution in [0.3, 0.4) is 0 Å². The Kier molecular flexibility index (Phi) is 4.76. The van der Waals surface area contributed by atoms with E-state index in [1.807, 2.05) is 29.2 Å². The highest BCUT2D eigenvalue weighted by Crippen LogP contribution is 2.18. The van der Waals surface area contributed by atoms with E-state index in [-0.39, 0.29) is 5.91 Å². The molecule has 0 bridgehead atoms. The third-order valence-electron chi connectivity index (χ3n) is 3.33. The van der Waals surface area contributed by atoms with E-state index >= 15 is 0 Å². The molecule has 1 amide bonds. The van der Waals surface area contributed by atoms with Crippen molar-refractivity contribution < 1.29 is 9.53 Å². The van der Waals surface area contributed by atoms with Crippen LogP contribution >= 0.6 is 0 Å². The lowest BCUT2D eigenvalue weighted by Gasteiger charge is -2.28. The Morgan fingerprint density at radius 1 is 1.28 bits per heavy atom. The van der Waals surface area contributed by atoms with Gasteiger partial charge in [-0.1, -0.05) is 31.5 Å². The smallest absolute Gasteiger partial charge is 0.254 e. The molecule has 3 heteroatoms. The zero-order valence-corrected chi connectivity index (χ0v) is 11.0. The average molecular weight is 247 g/mol. The number of carbonyl (C=O) groups excluding carboxylic acids is 1. The Morgan fingerprint density at radius 2 is 2.11 bits per heavy atom. The van der Waals surface area contributed by atoms with Crippen molar-refractivity contribution in [2.24, 2.45) is 0 Å². The van der Waals surface area contributed by atoms with Crippen molar-refractivity contribution in [2.75, 3.05) is 26.3 Å². The van der Waals surface area contributed by atoms with Crippen LogP contribution in [-0.4, -0.2) is 37.1 Å². The molecule has 0 spiro atoms. The highest BCUT2D eigenvalue weighted by atomic mass is 16.5. The van der Waals surface area contributed by atoms with Crippen molar-refractivity contribution in [3.05, 3.63) is 35.4 Å². The number of ether oxygens (including phenoxy) is 1. The molecule has 18 heavy (non-hydrogen) atoms. The van der Waals surface area contributed by atoms with Crippen LogP contribution in [0, 0.1) is 0 Å². The standard InChI is InChI=1S/C15H21NO2/c1-2-3-11-18-12-10-16-9-8-13-6-4-5-7-14(13)15(16)17/h4-7H,2-3,8-12H2,1H3. The lowest BCUT2D eigenvalue weighted by atomic mass is 9.99. The molecule has 0 unspecified atom stereocenters. The fourth-order valence-corrected chi connectivity index (χ4v) is 2.21. The molecule has 0 aromatic heterocycles. The minimum atomic E-state index is 0.149. The summed E-state index contributed by atoms with van der Waals surface area (Å²) in [5.41, 5.74) is 2.03. The van der Waals surface area contributed by atoms with E-state index in [1.54, 1.807) is 0 Å². The van der Waals surface area contributed by atoms with Crippen molar-refractivity contribution in [2.45, 2.75) is 26.2 Å². The zero-order valence-electron chi connectivity index (χ0n) is 11.0. The van der Waals surface area contributed by atoms with Gasteiger partial charge in [0.05, 0.1) is 6.61 Å². The summed E-state index contributed by atoms with van der Waals surface area (Å²) < 4.78 is 5.52. The molecule has 3 nitrogen and oxygen atoms in total. The van der Waals surface area contributed by atoms with Crippen LogP contribution in [0.4, 0.5) is 0 Å². The second kappa shape index (κ2) is 6.55. The molecule has 2 rings (SSSR count). The van der Waals surface area contributed by atoms with Gasteiger partial charge in [-0.15, -0.1) is 0 Å². The Balaban J connectivity index is 1.84. The van der Waals surface area contributed by atoms with Gasteiger partial charge < -0.3 is 9.64 Å². The van der Waals surface area contributed by atoms with Crippen molar-refractivity contribution in [1.29, 1.82) is 0 Å². The molecule has 1 aromatic rings. The number of nitrogens with zero attached hydrogens (tertiary/aromatic N) is 1. The van der Waals surface area contributed by atoms with E-state index < -0.39 is 0 Å². The first-order valence-corrected chi connectivity index (χ1v) is 6.78. The second-order valence-electron chi connectivity index (χ2n) is 4.67. The topological polar surface area (TPSA) is 29.5 Å². The second-order valence-corrected chi connectivity index (χ2v) is 4.67. The molecule has 0 fully saturated rings. The highest BCUT2D eigenvalue weighted by molar-refractivity contribution is 5.96. The van der Waals surface area contributed by atoms with Gasteiger partial charge in [0.2, 0.25) is 0 Å². The predicted octanol–water partition coefficient (Wildman–Crippen LogP) is 2.50. The van der Waals surface area contributed by atoms with Gasteiger partial charge in [0.15, 0.2) is 0 Å². The first-order valence-electron chi connectivity index (χ1n) is 6.78. The average Bonchev–Trinajstić information content (AvgIpc) is 2.41. The molecular formula is C15H21NO2. The third-order valence-corrected chi connectivity index (χ3v) is 3.33. The number of fused-ring (bicyclic) bond motifs is 1. The monoisotopic (exact) mass is 247 g/mol. The van der Waals surface area contributed by atoms with Crippen molar-refractivity contribution in [3.8, 4) is 0 Å². The van der Waals surface area contributed by atoms with E-state index in [4.69, 9.17) is 4.74 Å². The molecular weight excluding hydrogens is 226 g/mol. The van der Waals surface area contributed by atoms with Gasteiger partial charge in [-0.25, -0.2) is 0 Å². The van der Waals surface area contributed by atoms with E-state index in [9.17, 15) is 4.79 Å². The number of hydrogen-bond donors (Lipinski definition) is 0. The van der Waals surface area contributed by atoms with Gasteiger partial charge in [0, 0.05) is 25.3 Å². The first kappa shape index (κ1) is 13.1. The van der Waals surface area contributed by atoms with E-state index in [0.717, 1.165) is 38.0 Å². The number of rotatable bonds is 6. The quantitative estimate of drug-likeness (QED) is 0.723. The summed E-state index contributed by atoms with van der Waals surface area (Å²) in [7, 11) is 0. The third kappa shape index (κ3) is 3.10. The Bertz CT molecular complexity index is 403. The zero-order chi connectivity index (χ0) is 12.8. The largest absolute Gasteiger partial charge is 0.380 e. The molecule has 0 atom stereocenters. The van der Waals surface area contributed by atoms with Crippen LogP contribution in [0.2, 0.25) is 0 Å². The van der Waals surface area contributed by atoms with Gasteiger partial charge in [-0.2, -0.15) is 0 Å². The van der Waals surface area contributed by atoms with Crippen LogP contribution in [0.25, 0.3) is 0 Å². The highest BCUT2D eigenvalue weighted by Gasteiger charge is 2.23. The summed E-state index contributed by atoms with van der Waals surface area (Å²) in [6, 6.07) is 7.89. The van der Waals surface area contributed by atoms with Crippen LogP contribution in [0.1, 0.15) is 35.7 Å². The van der Waals surface area contributed by atoms with Gasteiger partial charge in [0.25, 0.3) is 5.91 Å². The fourth-order valence-electron chi connectivity index (χ4n) is 2.21. The summed E-state index contributed by atoms with van der Waals surface area (Å²) in [6.07, 6.45) is 3.20. The summed E-state index contributed by atoms with van der Waals surface area (Å²) in [4.78, 5) is 14.1. The molecule has 1 aliphatic heterocycles. The fraction of sp³-hybridized carbons (Fsp3) is 0.533. The van der Waals surface area contributed by atoms with Crippen LogP contribution < -0.4 is 0 Å². The van der Waals surface area contributed by atoms with Gasteiger partial charge in [0.1, 0.15) is 0 Å². The van der Waals surface area contributed by atoms with Crippen LogP contribution in [0.5, 0.6) is 0 Å². The minimum absolute atomic E-state index is 0.149. The Labute approximate surface area is 109 Å². The molecule has 0 saturated heterocycles. The van der Waals surface area contributed by atoms with Crippen LogP contribution in [0.15, 0.2) is 24.3 Å². The van der Waals surface area contributed by atoms with E-state index in [0.29, 0.717) is 13.2 Å². The van der Waals surface area contributed by atoms with E-state index in [2.05, 4.69) is 6.92 Å². The maximum absolute atomic E-state index is 12.2. The number of hydrogen-bond acceptors (Lipinski definition) is 2. The molecule has 1 aromatic carbocycles. The maximum atomic E-state index is 12.2. The maximum Gasteiger partial charge on any atom is 0.254 e. The van der Waals surface area contributed by atoms with Gasteiger partial charge >= 0.3 is 0 Å². The van der Waals surface area contributed by atoms with Crippen molar-refractivity contribution in [1.82, 2.24) is 4.90 Å². The molecule has 1 aliphatic rings. The van der Waals surface area contributed by atoms with Crippen molar-refractivity contribution in [3.63, 3.8) is 0 Å². The number of benzene rings is 1. The molecule has 0 N–H and O–H groups in total. The Hall–Kier alpha value is -1.35. The van der Waals surface area contributed by atoms with Gasteiger partial charge in [-0.05, 0) is 24.5 Å². The Morgan fingerprint density at radius 3 is 2.94 bits per heavy atom. The minimum Gasteiger partial charge on any atom is -0.380 e. The number of carbonyl (C=O) groups is 1. The molecule has 0 radical (unpaired) electrons. The van der Waals surface area contributed by atoms with Crippen molar-refractivity contribution >= 4 is 5.91 Å². The summed E-state index contributed by atoms with van der Waals surface area (Å²) in [6.45, 7) is 5.11. The summed E-state index contributed by atoms with van der Waals surface area (Å²) in [5.74, 6) is 0.149. The lowest BCUT2D eigenvalue weighted by molar-refractivity contribution is 0.0622. The van der Waals surface area contributed by atoms with Gasteiger partial charge in [-0.3, -0.25) is 4.79 Å². The molecule has 0 saturated carbocycles. The lowest BCUT2D eigenvalue weighted by Crippen LogP contribution is -2.39. The molecule has 98 valence electrons. The molecule has 1 heterocycles. The summed E-state index contributed by atoms with van der Waals surface area (Å²) >= 11 is 0. The summed E-state index contributed by atoms with van der Waals surface area (Å²) in [5, 5.41) is 0.